The Morgan fingerprint density at radius 1 is 1.50 bits per heavy atom. The quantitative estimate of drug-likeness (QED) is 0.529. The second-order valence-electron chi connectivity index (χ2n) is 2.73. The van der Waals surface area contributed by atoms with Gasteiger partial charge in [-0.05, 0) is 30.9 Å². The fraction of sp³-hybridized carbons (Fsp3) is 0.500. The lowest BCUT2D eigenvalue weighted by Crippen LogP contribution is -2.01. The highest BCUT2D eigenvalue weighted by Crippen LogP contribution is 2.32. The van der Waals surface area contributed by atoms with Crippen molar-refractivity contribution in [3.05, 3.63) is 21.7 Å². The van der Waals surface area contributed by atoms with Crippen molar-refractivity contribution in [2.45, 2.75) is 20.3 Å². The maximum atomic E-state index is 5.96. The molecule has 1 atom stereocenters. The normalized spacial score (nSPS) is 26.8. The molecule has 0 amide bonds. The monoisotopic (exact) mass is 176 g/mol. The van der Waals surface area contributed by atoms with Crippen LogP contribution in [0.25, 0.3) is 0 Å². The maximum absolute atomic E-state index is 5.96. The molecule has 0 nitrogen and oxygen atoms in total. The summed E-state index contributed by atoms with van der Waals surface area (Å²) in [6.07, 6.45) is 2.82. The van der Waals surface area contributed by atoms with Gasteiger partial charge in [-0.15, -0.1) is 0 Å². The first-order chi connectivity index (χ1) is 4.61. The Labute approximate surface area is 71.5 Å². The van der Waals surface area contributed by atoms with Gasteiger partial charge in [0, 0.05) is 10.1 Å². The number of hydrogen-bond acceptors (Lipinski definition) is 0. The Balaban J connectivity index is 2.92. The second kappa shape index (κ2) is 2.98. The van der Waals surface area contributed by atoms with Gasteiger partial charge in [0.05, 0.1) is 0 Å². The van der Waals surface area contributed by atoms with E-state index in [0.717, 1.165) is 22.1 Å². The molecule has 1 unspecified atom stereocenters. The molecular formula is C8H10Cl2. The van der Waals surface area contributed by atoms with E-state index in [1.54, 1.807) is 0 Å². The number of allylic oxidation sites excluding steroid dienone is 4. The fourth-order valence-corrected chi connectivity index (χ4v) is 1.66. The van der Waals surface area contributed by atoms with E-state index in [4.69, 9.17) is 23.2 Å². The highest BCUT2D eigenvalue weighted by molar-refractivity contribution is 6.32. The number of halogens is 2. The Hall–Kier alpha value is 0.0600. The van der Waals surface area contributed by atoms with Gasteiger partial charge in [0.15, 0.2) is 0 Å². The molecule has 0 aromatic rings. The zero-order chi connectivity index (χ0) is 7.72. The first kappa shape index (κ1) is 8.16. The summed E-state index contributed by atoms with van der Waals surface area (Å²) in [5.74, 6) is 0.402. The zero-order valence-electron chi connectivity index (χ0n) is 6.12. The summed E-state index contributed by atoms with van der Waals surface area (Å²) in [4.78, 5) is 0. The summed E-state index contributed by atoms with van der Waals surface area (Å²) in [6.45, 7) is 4.07. The van der Waals surface area contributed by atoms with Crippen molar-refractivity contribution in [3.8, 4) is 0 Å². The molecule has 0 heterocycles. The fourth-order valence-electron chi connectivity index (χ4n) is 1.13. The van der Waals surface area contributed by atoms with Crippen LogP contribution in [-0.4, -0.2) is 0 Å². The maximum Gasteiger partial charge on any atom is 0.0242 e. The molecule has 2 heteroatoms. The molecule has 0 aromatic carbocycles. The lowest BCUT2D eigenvalue weighted by atomic mass is 9.98. The Morgan fingerprint density at radius 3 is 2.60 bits per heavy atom. The highest BCUT2D eigenvalue weighted by Gasteiger charge is 2.14. The van der Waals surface area contributed by atoms with Crippen molar-refractivity contribution >= 4 is 23.2 Å². The Morgan fingerprint density at radius 2 is 2.10 bits per heavy atom. The van der Waals surface area contributed by atoms with E-state index < -0.39 is 0 Å². The van der Waals surface area contributed by atoms with Gasteiger partial charge in [-0.3, -0.25) is 0 Å². The van der Waals surface area contributed by atoms with Crippen LogP contribution in [0.1, 0.15) is 20.3 Å². The standard InChI is InChI=1S/C8H10Cl2/c1-5-3-7(9)4-6(2)8(5)10/h3,6H,4H2,1-2H3. The third-order valence-corrected chi connectivity index (χ3v) is 2.62. The van der Waals surface area contributed by atoms with Crippen LogP contribution in [-0.2, 0) is 0 Å². The second-order valence-corrected chi connectivity index (χ2v) is 3.62. The third kappa shape index (κ3) is 1.56. The van der Waals surface area contributed by atoms with Crippen molar-refractivity contribution in [2.75, 3.05) is 0 Å². The van der Waals surface area contributed by atoms with Crippen molar-refractivity contribution in [3.63, 3.8) is 0 Å². The van der Waals surface area contributed by atoms with Crippen LogP contribution >= 0.6 is 23.2 Å². The molecular weight excluding hydrogens is 167 g/mol. The van der Waals surface area contributed by atoms with E-state index in [9.17, 15) is 0 Å². The first-order valence-corrected chi connectivity index (χ1v) is 4.09. The lowest BCUT2D eigenvalue weighted by molar-refractivity contribution is 0.705. The van der Waals surface area contributed by atoms with E-state index in [2.05, 4.69) is 6.92 Å². The number of rotatable bonds is 0. The van der Waals surface area contributed by atoms with E-state index in [-0.39, 0.29) is 0 Å². The molecule has 0 bridgehead atoms. The predicted octanol–water partition coefficient (Wildman–Crippen LogP) is 3.66. The topological polar surface area (TPSA) is 0 Å². The molecule has 1 rings (SSSR count). The van der Waals surface area contributed by atoms with Gasteiger partial charge in [0.25, 0.3) is 0 Å². The summed E-state index contributed by atoms with van der Waals surface area (Å²) in [6, 6.07) is 0. The van der Waals surface area contributed by atoms with Crippen molar-refractivity contribution < 1.29 is 0 Å². The van der Waals surface area contributed by atoms with Crippen LogP contribution in [0.5, 0.6) is 0 Å². The van der Waals surface area contributed by atoms with Gasteiger partial charge in [-0.2, -0.15) is 0 Å². The summed E-state index contributed by atoms with van der Waals surface area (Å²) < 4.78 is 0. The van der Waals surface area contributed by atoms with Gasteiger partial charge in [-0.1, -0.05) is 30.1 Å². The van der Waals surface area contributed by atoms with Crippen molar-refractivity contribution in [2.24, 2.45) is 5.92 Å². The third-order valence-electron chi connectivity index (χ3n) is 1.68. The largest absolute Gasteiger partial charge is 0.0891 e. The van der Waals surface area contributed by atoms with Gasteiger partial charge in [0.2, 0.25) is 0 Å². The van der Waals surface area contributed by atoms with Gasteiger partial charge < -0.3 is 0 Å². The molecule has 0 spiro atoms. The first-order valence-electron chi connectivity index (χ1n) is 3.33. The zero-order valence-corrected chi connectivity index (χ0v) is 7.63. The van der Waals surface area contributed by atoms with Crippen LogP contribution < -0.4 is 0 Å². The van der Waals surface area contributed by atoms with Crippen molar-refractivity contribution in [1.82, 2.24) is 0 Å². The van der Waals surface area contributed by atoms with Crippen LogP contribution in [0.4, 0.5) is 0 Å². The number of hydrogen-bond donors (Lipinski definition) is 0. The summed E-state index contributed by atoms with van der Waals surface area (Å²) in [5.41, 5.74) is 1.10. The molecule has 1 aliphatic rings. The molecule has 10 heavy (non-hydrogen) atoms. The molecule has 1 aliphatic carbocycles. The molecule has 0 N–H and O–H groups in total. The van der Waals surface area contributed by atoms with Crippen LogP contribution in [0.3, 0.4) is 0 Å². The predicted molar refractivity (Wildman–Crippen MR) is 46.3 cm³/mol. The summed E-state index contributed by atoms with van der Waals surface area (Å²) >= 11 is 11.8. The van der Waals surface area contributed by atoms with Gasteiger partial charge in [-0.25, -0.2) is 0 Å². The van der Waals surface area contributed by atoms with E-state index in [0.29, 0.717) is 5.92 Å². The summed E-state index contributed by atoms with van der Waals surface area (Å²) in [7, 11) is 0. The van der Waals surface area contributed by atoms with E-state index in [1.807, 2.05) is 13.0 Å². The minimum atomic E-state index is 0.402. The molecule has 0 aliphatic heterocycles. The van der Waals surface area contributed by atoms with E-state index in [1.165, 1.54) is 0 Å². The van der Waals surface area contributed by atoms with Crippen LogP contribution in [0.15, 0.2) is 21.7 Å². The Bertz CT molecular complexity index is 201. The summed E-state index contributed by atoms with van der Waals surface area (Å²) in [5, 5.41) is 1.86. The van der Waals surface area contributed by atoms with E-state index >= 15 is 0 Å². The molecule has 0 radical (unpaired) electrons. The Kier molecular flexibility index (Phi) is 2.43. The lowest BCUT2D eigenvalue weighted by Gasteiger charge is -2.16. The van der Waals surface area contributed by atoms with Crippen molar-refractivity contribution in [1.29, 1.82) is 0 Å². The van der Waals surface area contributed by atoms with Crippen LogP contribution in [0, 0.1) is 5.92 Å². The molecule has 0 saturated carbocycles. The minimum Gasteiger partial charge on any atom is -0.0891 e. The van der Waals surface area contributed by atoms with Crippen LogP contribution in [0.2, 0.25) is 0 Å². The molecule has 56 valence electrons. The molecule has 0 fully saturated rings. The minimum absolute atomic E-state index is 0.402. The molecule has 0 saturated heterocycles. The highest BCUT2D eigenvalue weighted by atomic mass is 35.5. The average Bonchev–Trinajstić information content (AvgIpc) is 1.82. The average molecular weight is 177 g/mol. The van der Waals surface area contributed by atoms with Gasteiger partial charge >= 0.3 is 0 Å². The SMILES string of the molecule is CC1=C(Cl)C(C)CC(Cl)=C1. The smallest absolute Gasteiger partial charge is 0.0242 e. The molecule has 0 aromatic heterocycles. The van der Waals surface area contributed by atoms with Gasteiger partial charge in [0.1, 0.15) is 0 Å².